The number of quaternary nitrogens is 1. The first-order valence-electron chi connectivity index (χ1n) is 8.64. The standard InChI is InChI=1S/C20H24N2O3/c1-25-18-9-7-17(8-10-18)22(13-11-21-12-14-22)15-19(20(23)24)16-5-3-2-4-6-16/h2-10,19,21H,11-15H2,1H3/p+1. The zero-order valence-electron chi connectivity index (χ0n) is 14.5. The predicted octanol–water partition coefficient (Wildman–Crippen LogP) is 2.47. The van der Waals surface area contributed by atoms with E-state index in [2.05, 4.69) is 17.4 Å². The number of rotatable bonds is 6. The van der Waals surface area contributed by atoms with Gasteiger partial charge >= 0.3 is 5.97 Å². The highest BCUT2D eigenvalue weighted by atomic mass is 16.5. The molecule has 2 aromatic carbocycles. The van der Waals surface area contributed by atoms with Crippen molar-refractivity contribution in [1.82, 2.24) is 9.80 Å². The number of aliphatic carboxylic acids is 1. The van der Waals surface area contributed by atoms with Crippen molar-refractivity contribution < 1.29 is 14.6 Å². The second-order valence-electron chi connectivity index (χ2n) is 6.52. The molecule has 132 valence electrons. The van der Waals surface area contributed by atoms with Crippen LogP contribution in [0.4, 0.5) is 5.69 Å². The van der Waals surface area contributed by atoms with E-state index < -0.39 is 11.9 Å². The Balaban J connectivity index is 1.95. The molecule has 5 heteroatoms. The third-order valence-corrected chi connectivity index (χ3v) is 5.09. The summed E-state index contributed by atoms with van der Waals surface area (Å²) in [6, 6.07) is 17.6. The molecule has 0 bridgehead atoms. The third kappa shape index (κ3) is 3.83. The van der Waals surface area contributed by atoms with E-state index in [1.807, 2.05) is 42.5 Å². The molecule has 0 amide bonds. The van der Waals surface area contributed by atoms with E-state index in [-0.39, 0.29) is 0 Å². The van der Waals surface area contributed by atoms with Crippen LogP contribution < -0.4 is 14.5 Å². The summed E-state index contributed by atoms with van der Waals surface area (Å²) in [5.41, 5.74) is 2.00. The van der Waals surface area contributed by atoms with Gasteiger partial charge in [0, 0.05) is 25.2 Å². The van der Waals surface area contributed by atoms with Gasteiger partial charge in [0.1, 0.15) is 23.9 Å². The van der Waals surface area contributed by atoms with Crippen LogP contribution in [0.1, 0.15) is 11.5 Å². The fourth-order valence-electron chi connectivity index (χ4n) is 3.63. The lowest BCUT2D eigenvalue weighted by Gasteiger charge is -2.42. The second-order valence-corrected chi connectivity index (χ2v) is 6.52. The van der Waals surface area contributed by atoms with Gasteiger partial charge in [0.05, 0.1) is 20.2 Å². The Morgan fingerprint density at radius 2 is 1.76 bits per heavy atom. The lowest BCUT2D eigenvalue weighted by Crippen LogP contribution is -2.61. The van der Waals surface area contributed by atoms with Crippen molar-refractivity contribution in [3.8, 4) is 5.75 Å². The van der Waals surface area contributed by atoms with Crippen molar-refractivity contribution in [3.05, 3.63) is 60.2 Å². The van der Waals surface area contributed by atoms with Crippen molar-refractivity contribution in [3.63, 3.8) is 0 Å². The summed E-state index contributed by atoms with van der Waals surface area (Å²) in [5, 5.41) is 13.2. The smallest absolute Gasteiger partial charge is 0.316 e. The minimum Gasteiger partial charge on any atom is -0.497 e. The maximum absolute atomic E-state index is 12.0. The van der Waals surface area contributed by atoms with Gasteiger partial charge in [-0.15, -0.1) is 0 Å². The minimum absolute atomic E-state index is 0.526. The summed E-state index contributed by atoms with van der Waals surface area (Å²) in [5.74, 6) is -0.480. The zero-order chi connectivity index (χ0) is 17.7. The third-order valence-electron chi connectivity index (χ3n) is 5.09. The summed E-state index contributed by atoms with van der Waals surface area (Å²) in [6.07, 6.45) is 0. The van der Waals surface area contributed by atoms with Crippen molar-refractivity contribution >= 4 is 11.7 Å². The molecule has 0 aromatic heterocycles. The van der Waals surface area contributed by atoms with Crippen LogP contribution >= 0.6 is 0 Å². The number of ether oxygens (including phenoxy) is 1. The SMILES string of the molecule is COc1ccc([N+]2(CC(C(=O)O)c3ccccc3)CCNCC2)cc1. The van der Waals surface area contributed by atoms with Crippen LogP contribution in [0.3, 0.4) is 0 Å². The minimum atomic E-state index is -0.768. The number of methoxy groups -OCH3 is 1. The van der Waals surface area contributed by atoms with Gasteiger partial charge in [-0.05, 0) is 17.7 Å². The van der Waals surface area contributed by atoms with Gasteiger partial charge in [0.15, 0.2) is 0 Å². The highest BCUT2D eigenvalue weighted by molar-refractivity contribution is 5.77. The molecular weight excluding hydrogens is 316 g/mol. The molecule has 1 aliphatic heterocycles. The maximum Gasteiger partial charge on any atom is 0.316 e. The van der Waals surface area contributed by atoms with E-state index in [9.17, 15) is 9.90 Å². The summed E-state index contributed by atoms with van der Waals surface area (Å²) < 4.78 is 5.93. The molecule has 0 saturated carbocycles. The van der Waals surface area contributed by atoms with Crippen molar-refractivity contribution in [2.75, 3.05) is 39.8 Å². The van der Waals surface area contributed by atoms with E-state index in [1.165, 1.54) is 0 Å². The Morgan fingerprint density at radius 1 is 1.12 bits per heavy atom. The number of carbonyl (C=O) groups is 1. The summed E-state index contributed by atoms with van der Waals surface area (Å²) >= 11 is 0. The van der Waals surface area contributed by atoms with Gasteiger partial charge in [-0.1, -0.05) is 30.3 Å². The Hall–Kier alpha value is -2.37. The van der Waals surface area contributed by atoms with Gasteiger partial charge in [-0.2, -0.15) is 0 Å². The van der Waals surface area contributed by atoms with Crippen molar-refractivity contribution in [2.24, 2.45) is 0 Å². The molecule has 25 heavy (non-hydrogen) atoms. The number of carboxylic acids is 1. The molecule has 2 aromatic rings. The molecular formula is C20H25N2O3+. The van der Waals surface area contributed by atoms with Crippen LogP contribution in [0.15, 0.2) is 54.6 Å². The number of carboxylic acid groups (broad SMARTS) is 1. The lowest BCUT2D eigenvalue weighted by atomic mass is 9.96. The monoisotopic (exact) mass is 341 g/mol. The van der Waals surface area contributed by atoms with Crippen LogP contribution in [0.2, 0.25) is 0 Å². The Morgan fingerprint density at radius 3 is 2.32 bits per heavy atom. The number of hydrogen-bond acceptors (Lipinski definition) is 3. The van der Waals surface area contributed by atoms with Crippen LogP contribution in [0, 0.1) is 0 Å². The highest BCUT2D eigenvalue weighted by Crippen LogP contribution is 2.31. The molecule has 5 nitrogen and oxygen atoms in total. The number of benzene rings is 2. The number of nitrogens with one attached hydrogen (secondary N) is 1. The average Bonchev–Trinajstić information content (AvgIpc) is 2.67. The van der Waals surface area contributed by atoms with E-state index in [1.54, 1.807) is 7.11 Å². The van der Waals surface area contributed by atoms with E-state index >= 15 is 0 Å². The Labute approximate surface area is 148 Å². The van der Waals surface area contributed by atoms with Gasteiger partial charge in [-0.25, -0.2) is 0 Å². The molecule has 1 unspecified atom stereocenters. The van der Waals surface area contributed by atoms with Crippen LogP contribution in [-0.2, 0) is 4.79 Å². The second kappa shape index (κ2) is 7.68. The average molecular weight is 341 g/mol. The molecule has 1 fully saturated rings. The van der Waals surface area contributed by atoms with Gasteiger partial charge < -0.3 is 15.2 Å². The Bertz CT molecular complexity index is 695. The summed E-state index contributed by atoms with van der Waals surface area (Å²) in [6.45, 7) is 4.07. The maximum atomic E-state index is 12.0. The first-order chi connectivity index (χ1) is 12.1. The fraction of sp³-hybridized carbons (Fsp3) is 0.350. The molecule has 1 atom stereocenters. The number of nitrogens with zero attached hydrogens (tertiary/aromatic N) is 1. The first-order valence-corrected chi connectivity index (χ1v) is 8.64. The normalized spacial score (nSPS) is 17.6. The van der Waals surface area contributed by atoms with Crippen LogP contribution in [0.25, 0.3) is 0 Å². The molecule has 2 N–H and O–H groups in total. The van der Waals surface area contributed by atoms with Gasteiger partial charge in [0.2, 0.25) is 0 Å². The summed E-state index contributed by atoms with van der Waals surface area (Å²) in [7, 11) is 1.65. The van der Waals surface area contributed by atoms with E-state index in [4.69, 9.17) is 4.74 Å². The molecule has 1 saturated heterocycles. The molecule has 0 spiro atoms. The molecule has 0 radical (unpaired) electrons. The highest BCUT2D eigenvalue weighted by Gasteiger charge is 2.38. The van der Waals surface area contributed by atoms with Crippen molar-refractivity contribution in [2.45, 2.75) is 5.92 Å². The van der Waals surface area contributed by atoms with E-state index in [0.717, 1.165) is 43.2 Å². The number of piperazine rings is 1. The van der Waals surface area contributed by atoms with Gasteiger partial charge in [-0.3, -0.25) is 9.28 Å². The van der Waals surface area contributed by atoms with Crippen molar-refractivity contribution in [1.29, 1.82) is 0 Å². The van der Waals surface area contributed by atoms with Gasteiger partial charge in [0.25, 0.3) is 0 Å². The number of hydrogen-bond donors (Lipinski definition) is 2. The molecule has 1 aliphatic rings. The molecule has 1 heterocycles. The predicted molar refractivity (Wildman–Crippen MR) is 99.1 cm³/mol. The summed E-state index contributed by atoms with van der Waals surface area (Å²) in [4.78, 5) is 12.0. The molecule has 0 aliphatic carbocycles. The topological polar surface area (TPSA) is 58.6 Å². The quantitative estimate of drug-likeness (QED) is 0.793. The largest absolute Gasteiger partial charge is 0.497 e. The lowest BCUT2D eigenvalue weighted by molar-refractivity contribution is -0.139. The zero-order valence-corrected chi connectivity index (χ0v) is 14.5. The fourth-order valence-corrected chi connectivity index (χ4v) is 3.63. The van der Waals surface area contributed by atoms with Crippen LogP contribution in [-0.4, -0.2) is 50.9 Å². The first kappa shape index (κ1) is 17.5. The van der Waals surface area contributed by atoms with E-state index in [0.29, 0.717) is 11.0 Å². The Kier molecular flexibility index (Phi) is 5.36. The van der Waals surface area contributed by atoms with Crippen LogP contribution in [0.5, 0.6) is 5.75 Å². The molecule has 3 rings (SSSR count).